The van der Waals surface area contributed by atoms with Gasteiger partial charge >= 0.3 is 12.1 Å². The SMILES string of the molecule is C#Cc1nc(NC(=O)NC(COC(N)=O)c2ccc(-c3cccnc3N3CC(F)(F)C3)cc2)cs1. The second kappa shape index (κ2) is 9.94. The van der Waals surface area contributed by atoms with Crippen molar-refractivity contribution in [2.45, 2.75) is 12.0 Å². The van der Waals surface area contributed by atoms with E-state index in [0.29, 0.717) is 22.0 Å². The first kappa shape index (κ1) is 23.9. The number of aromatic nitrogens is 2. The van der Waals surface area contributed by atoms with Gasteiger partial charge in [0.1, 0.15) is 18.2 Å². The van der Waals surface area contributed by atoms with Gasteiger partial charge in [0.05, 0.1) is 19.1 Å². The minimum absolute atomic E-state index is 0.213. The van der Waals surface area contributed by atoms with E-state index < -0.39 is 24.1 Å². The van der Waals surface area contributed by atoms with Crippen LogP contribution in [0, 0.1) is 12.3 Å². The highest BCUT2D eigenvalue weighted by Gasteiger charge is 2.45. The van der Waals surface area contributed by atoms with Gasteiger partial charge in [-0.2, -0.15) is 0 Å². The summed E-state index contributed by atoms with van der Waals surface area (Å²) in [5.41, 5.74) is 7.15. The molecule has 180 valence electrons. The zero-order valence-corrected chi connectivity index (χ0v) is 19.0. The maximum Gasteiger partial charge on any atom is 0.404 e. The number of ether oxygens (including phenoxy) is 1. The highest BCUT2D eigenvalue weighted by molar-refractivity contribution is 7.10. The molecule has 1 fully saturated rings. The number of hydrogen-bond acceptors (Lipinski definition) is 7. The quantitative estimate of drug-likeness (QED) is 0.428. The lowest BCUT2D eigenvalue weighted by atomic mass is 10.00. The number of pyridine rings is 1. The fourth-order valence-corrected chi connectivity index (χ4v) is 4.08. The van der Waals surface area contributed by atoms with Gasteiger partial charge in [-0.1, -0.05) is 24.3 Å². The summed E-state index contributed by atoms with van der Waals surface area (Å²) in [6.07, 6.45) is 5.86. The Balaban J connectivity index is 1.51. The number of benzene rings is 1. The standard InChI is InChI=1S/C23H20F2N6O3S/c1-2-19-29-18(11-35-19)30-22(33)28-17(10-34-21(26)32)15-7-5-14(6-8-15)16-4-3-9-27-20(16)31-12-23(24,25)13-31/h1,3-9,11,17H,10,12-13H2,(H2,26,32)(H2,28,30,33). The number of carbonyl (C=O) groups excluding carboxylic acids is 2. The zero-order chi connectivity index (χ0) is 25.0. The van der Waals surface area contributed by atoms with Crippen LogP contribution in [0.3, 0.4) is 0 Å². The zero-order valence-electron chi connectivity index (χ0n) is 18.2. The molecule has 3 amide bonds. The summed E-state index contributed by atoms with van der Waals surface area (Å²) < 4.78 is 31.7. The molecular formula is C23H20F2N6O3S. The number of hydrogen-bond donors (Lipinski definition) is 3. The molecule has 2 aromatic heterocycles. The molecule has 3 heterocycles. The smallest absolute Gasteiger partial charge is 0.404 e. The number of nitrogens with zero attached hydrogens (tertiary/aromatic N) is 3. The maximum absolute atomic E-state index is 13.4. The van der Waals surface area contributed by atoms with Gasteiger partial charge < -0.3 is 20.7 Å². The molecule has 4 rings (SSSR count). The Labute approximate surface area is 203 Å². The molecule has 0 aliphatic carbocycles. The maximum atomic E-state index is 13.4. The first-order valence-electron chi connectivity index (χ1n) is 10.3. The summed E-state index contributed by atoms with van der Waals surface area (Å²) in [6.45, 7) is -0.985. The van der Waals surface area contributed by atoms with Crippen molar-refractivity contribution in [2.24, 2.45) is 5.73 Å². The Hall–Kier alpha value is -4.24. The fraction of sp³-hybridized carbons (Fsp3) is 0.217. The van der Waals surface area contributed by atoms with Gasteiger partial charge in [0.25, 0.3) is 5.92 Å². The number of nitrogens with one attached hydrogen (secondary N) is 2. The normalized spacial score (nSPS) is 14.8. The summed E-state index contributed by atoms with van der Waals surface area (Å²) in [4.78, 5) is 33.5. The van der Waals surface area contributed by atoms with Gasteiger partial charge in [-0.25, -0.2) is 28.3 Å². The second-order valence-corrected chi connectivity index (χ2v) is 8.53. The van der Waals surface area contributed by atoms with E-state index >= 15 is 0 Å². The third-order valence-electron chi connectivity index (χ3n) is 5.12. The fourth-order valence-electron chi connectivity index (χ4n) is 3.53. The van der Waals surface area contributed by atoms with Crippen molar-refractivity contribution in [3.05, 3.63) is 58.5 Å². The average molecular weight is 499 g/mol. The minimum Gasteiger partial charge on any atom is -0.447 e. The Morgan fingerprint density at radius 3 is 2.66 bits per heavy atom. The first-order chi connectivity index (χ1) is 16.7. The number of thiazole rings is 1. The molecule has 12 heteroatoms. The number of amides is 3. The monoisotopic (exact) mass is 498 g/mol. The predicted octanol–water partition coefficient (Wildman–Crippen LogP) is 3.60. The van der Waals surface area contributed by atoms with Gasteiger partial charge in [-0.3, -0.25) is 5.32 Å². The van der Waals surface area contributed by atoms with E-state index in [1.807, 2.05) is 0 Å². The number of rotatable bonds is 7. The molecule has 9 nitrogen and oxygen atoms in total. The molecule has 4 N–H and O–H groups in total. The highest BCUT2D eigenvalue weighted by Crippen LogP contribution is 2.36. The molecule has 1 saturated heterocycles. The molecule has 3 aromatic rings. The van der Waals surface area contributed by atoms with Gasteiger partial charge in [-0.05, 0) is 29.2 Å². The Kier molecular flexibility index (Phi) is 6.79. The van der Waals surface area contributed by atoms with Gasteiger partial charge in [0.15, 0.2) is 5.01 Å². The summed E-state index contributed by atoms with van der Waals surface area (Å²) in [5, 5.41) is 7.29. The van der Waals surface area contributed by atoms with Gasteiger partial charge in [0, 0.05) is 17.1 Å². The Morgan fingerprint density at radius 1 is 1.29 bits per heavy atom. The number of terminal acetylenes is 1. The van der Waals surface area contributed by atoms with E-state index in [2.05, 4.69) is 26.5 Å². The molecule has 0 bridgehead atoms. The van der Waals surface area contributed by atoms with Gasteiger partial charge in [-0.15, -0.1) is 17.8 Å². The second-order valence-electron chi connectivity index (χ2n) is 7.67. The van der Waals surface area contributed by atoms with Crippen molar-refractivity contribution >= 4 is 35.1 Å². The van der Waals surface area contributed by atoms with Crippen LogP contribution in [0.15, 0.2) is 48.0 Å². The third-order valence-corrected chi connectivity index (χ3v) is 5.90. The van der Waals surface area contributed by atoms with Crippen molar-refractivity contribution in [2.75, 3.05) is 29.9 Å². The van der Waals surface area contributed by atoms with Crippen LogP contribution in [0.1, 0.15) is 16.6 Å². The lowest BCUT2D eigenvalue weighted by Crippen LogP contribution is -2.56. The number of urea groups is 1. The van der Waals surface area contributed by atoms with Crippen molar-refractivity contribution in [3.8, 4) is 23.5 Å². The van der Waals surface area contributed by atoms with E-state index in [4.69, 9.17) is 16.9 Å². The third kappa shape index (κ3) is 5.82. The topological polar surface area (TPSA) is 122 Å². The number of primary amides is 1. The molecule has 1 aromatic carbocycles. The van der Waals surface area contributed by atoms with E-state index in [0.717, 1.165) is 5.56 Å². The van der Waals surface area contributed by atoms with Crippen LogP contribution >= 0.6 is 11.3 Å². The van der Waals surface area contributed by atoms with E-state index in [9.17, 15) is 18.4 Å². The predicted molar refractivity (Wildman–Crippen MR) is 127 cm³/mol. The molecule has 35 heavy (non-hydrogen) atoms. The summed E-state index contributed by atoms with van der Waals surface area (Å²) >= 11 is 1.20. The number of halogens is 2. The van der Waals surface area contributed by atoms with Crippen LogP contribution in [0.25, 0.3) is 11.1 Å². The number of alkyl halides is 2. The average Bonchev–Trinajstić information content (AvgIpc) is 3.27. The molecule has 0 spiro atoms. The lowest BCUT2D eigenvalue weighted by Gasteiger charge is -2.40. The summed E-state index contributed by atoms with van der Waals surface area (Å²) in [7, 11) is 0. The largest absolute Gasteiger partial charge is 0.447 e. The van der Waals surface area contributed by atoms with Crippen molar-refractivity contribution in [1.29, 1.82) is 0 Å². The molecule has 1 unspecified atom stereocenters. The van der Waals surface area contributed by atoms with Crippen LogP contribution in [0.5, 0.6) is 0 Å². The number of anilines is 2. The van der Waals surface area contributed by atoms with Crippen LogP contribution in [0.4, 0.5) is 30.0 Å². The van der Waals surface area contributed by atoms with Gasteiger partial charge in [0.2, 0.25) is 0 Å². The van der Waals surface area contributed by atoms with E-state index in [1.165, 1.54) is 16.2 Å². The molecule has 1 atom stereocenters. The Morgan fingerprint density at radius 2 is 2.03 bits per heavy atom. The van der Waals surface area contributed by atoms with E-state index in [-0.39, 0.29) is 25.5 Å². The molecule has 0 radical (unpaired) electrons. The molecule has 0 saturated carbocycles. The highest BCUT2D eigenvalue weighted by atomic mass is 32.1. The van der Waals surface area contributed by atoms with Crippen LogP contribution in [-0.4, -0.2) is 47.7 Å². The van der Waals surface area contributed by atoms with Crippen LogP contribution in [-0.2, 0) is 4.74 Å². The van der Waals surface area contributed by atoms with Crippen LogP contribution < -0.4 is 21.3 Å². The molecule has 1 aliphatic heterocycles. The van der Waals surface area contributed by atoms with Crippen molar-refractivity contribution in [3.63, 3.8) is 0 Å². The van der Waals surface area contributed by atoms with E-state index in [1.54, 1.807) is 48.0 Å². The molecular weight excluding hydrogens is 478 g/mol. The first-order valence-corrected chi connectivity index (χ1v) is 11.2. The molecule has 1 aliphatic rings. The van der Waals surface area contributed by atoms with Crippen molar-refractivity contribution in [1.82, 2.24) is 15.3 Å². The number of carbonyl (C=O) groups is 2. The van der Waals surface area contributed by atoms with Crippen LogP contribution in [0.2, 0.25) is 0 Å². The van der Waals surface area contributed by atoms with Crippen molar-refractivity contribution < 1.29 is 23.1 Å². The lowest BCUT2D eigenvalue weighted by molar-refractivity contribution is -0.0266. The summed E-state index contributed by atoms with van der Waals surface area (Å²) in [5.74, 6) is 0.406. The number of nitrogens with two attached hydrogens (primary N) is 1. The minimum atomic E-state index is -2.72. The summed E-state index contributed by atoms with van der Waals surface area (Å²) in [6, 6.07) is 9.19. The Bertz CT molecular complexity index is 1270.